The predicted octanol–water partition coefficient (Wildman–Crippen LogP) is 3.55. The Hall–Kier alpha value is -2.50. The van der Waals surface area contributed by atoms with Crippen LogP contribution in [-0.4, -0.2) is 55.5 Å². The van der Waals surface area contributed by atoms with E-state index in [0.717, 1.165) is 12.5 Å². The van der Waals surface area contributed by atoms with Crippen LogP contribution in [0.3, 0.4) is 0 Å². The monoisotopic (exact) mass is 546 g/mol. The number of methoxy groups -OCH3 is 2. The van der Waals surface area contributed by atoms with Crippen molar-refractivity contribution in [2.45, 2.75) is 16.7 Å². The number of sulfone groups is 2. The molecule has 2 aromatic carbocycles. The van der Waals surface area contributed by atoms with Gasteiger partial charge in [0.05, 0.1) is 35.1 Å². The molecule has 0 aliphatic rings. The summed E-state index contributed by atoms with van der Waals surface area (Å²) >= 11 is 3.11. The summed E-state index contributed by atoms with van der Waals surface area (Å²) in [7, 11) is -4.28. The van der Waals surface area contributed by atoms with E-state index >= 15 is 0 Å². The van der Waals surface area contributed by atoms with Gasteiger partial charge in [0.1, 0.15) is 0 Å². The quantitative estimate of drug-likeness (QED) is 0.522. The summed E-state index contributed by atoms with van der Waals surface area (Å²) in [6, 6.07) is 8.67. The maximum absolute atomic E-state index is 11.6. The van der Waals surface area contributed by atoms with Gasteiger partial charge in [0.25, 0.3) is 0 Å². The van der Waals surface area contributed by atoms with Crippen molar-refractivity contribution in [2.75, 3.05) is 26.7 Å². The van der Waals surface area contributed by atoms with Gasteiger partial charge in [-0.15, -0.1) is 0 Å². The predicted molar refractivity (Wildman–Crippen MR) is 124 cm³/mol. The normalized spacial score (nSPS) is 11.1. The molecule has 0 heterocycles. The van der Waals surface area contributed by atoms with Crippen LogP contribution in [0.5, 0.6) is 0 Å². The van der Waals surface area contributed by atoms with Gasteiger partial charge in [-0.2, -0.15) is 0 Å². The number of ether oxygens (including phenoxy) is 2. The Kier molecular flexibility index (Phi) is 9.37. The average Bonchev–Trinajstić information content (AvgIpc) is 2.71. The minimum atomic E-state index is -3.41. The molecule has 0 N–H and O–H groups in total. The van der Waals surface area contributed by atoms with Crippen molar-refractivity contribution in [1.82, 2.24) is 0 Å². The third-order valence-corrected chi connectivity index (χ3v) is 7.24. The fraction of sp³-hybridized carbons (Fsp3) is 0.238. The van der Waals surface area contributed by atoms with Crippen LogP contribution in [0, 0.1) is 0 Å². The first-order valence-corrected chi connectivity index (χ1v) is 13.4. The summed E-state index contributed by atoms with van der Waals surface area (Å²) in [6.07, 6.45) is 2.17. The molecule has 0 amide bonds. The van der Waals surface area contributed by atoms with Crippen LogP contribution in [0.15, 0.2) is 57.2 Å². The Labute approximate surface area is 196 Å². The third kappa shape index (κ3) is 7.28. The van der Waals surface area contributed by atoms with Crippen molar-refractivity contribution in [3.8, 4) is 0 Å². The highest BCUT2D eigenvalue weighted by atomic mass is 79.9. The Morgan fingerprint density at radius 1 is 0.812 bits per heavy atom. The Balaban J connectivity index is 0.000000323. The molecule has 2 rings (SSSR count). The van der Waals surface area contributed by atoms with Gasteiger partial charge in [-0.05, 0) is 64.3 Å². The number of benzene rings is 2. The highest BCUT2D eigenvalue weighted by Crippen LogP contribution is 2.24. The summed E-state index contributed by atoms with van der Waals surface area (Å²) in [5.41, 5.74) is 1.56. The van der Waals surface area contributed by atoms with Crippen molar-refractivity contribution < 1.29 is 35.9 Å². The lowest BCUT2D eigenvalue weighted by atomic mass is 10.1. The number of esters is 2. The summed E-state index contributed by atoms with van der Waals surface area (Å²) < 4.78 is 55.4. The van der Waals surface area contributed by atoms with Gasteiger partial charge >= 0.3 is 11.9 Å². The number of hydrogen-bond acceptors (Lipinski definition) is 8. The van der Waals surface area contributed by atoms with Gasteiger partial charge in [0.2, 0.25) is 0 Å². The number of carbonyl (C=O) groups excluding carboxylic acids is 2. The molecule has 0 atom stereocenters. The number of rotatable bonds is 5. The average molecular weight is 547 g/mol. The largest absolute Gasteiger partial charge is 0.465 e. The Morgan fingerprint density at radius 2 is 1.22 bits per heavy atom. The first-order chi connectivity index (χ1) is 14.6. The number of halogens is 1. The van der Waals surface area contributed by atoms with E-state index in [1.807, 2.05) is 0 Å². The lowest BCUT2D eigenvalue weighted by Crippen LogP contribution is -2.06. The van der Waals surface area contributed by atoms with Gasteiger partial charge in [-0.25, -0.2) is 26.4 Å². The van der Waals surface area contributed by atoms with E-state index in [-0.39, 0.29) is 20.9 Å². The maximum atomic E-state index is 11.6. The highest BCUT2D eigenvalue weighted by Gasteiger charge is 2.17. The second kappa shape index (κ2) is 10.9. The molecule has 0 saturated carbocycles. The second-order valence-corrected chi connectivity index (χ2v) is 11.5. The molecule has 11 heteroatoms. The summed E-state index contributed by atoms with van der Waals surface area (Å²) in [5, 5.41) is 0. The summed E-state index contributed by atoms with van der Waals surface area (Å²) in [6.45, 7) is 5.42. The first-order valence-electron chi connectivity index (χ1n) is 8.79. The highest BCUT2D eigenvalue weighted by molar-refractivity contribution is 9.10. The lowest BCUT2D eigenvalue weighted by molar-refractivity contribution is 0.0591. The van der Waals surface area contributed by atoms with Crippen LogP contribution >= 0.6 is 15.9 Å². The van der Waals surface area contributed by atoms with E-state index < -0.39 is 31.6 Å². The topological polar surface area (TPSA) is 121 Å². The van der Waals surface area contributed by atoms with Gasteiger partial charge < -0.3 is 9.47 Å². The lowest BCUT2D eigenvalue weighted by Gasteiger charge is -2.09. The summed E-state index contributed by atoms with van der Waals surface area (Å²) in [4.78, 5) is 22.7. The van der Waals surface area contributed by atoms with Crippen molar-refractivity contribution in [1.29, 1.82) is 0 Å². The van der Waals surface area contributed by atoms with E-state index in [9.17, 15) is 26.4 Å². The van der Waals surface area contributed by atoms with Crippen LogP contribution in [0.4, 0.5) is 0 Å². The Bertz CT molecular complexity index is 1260. The van der Waals surface area contributed by atoms with Crippen molar-refractivity contribution in [2.24, 2.45) is 0 Å². The number of allylic oxidation sites excluding steroid dienone is 1. The van der Waals surface area contributed by atoms with Crippen LogP contribution in [0.1, 0.15) is 33.2 Å². The van der Waals surface area contributed by atoms with Crippen molar-refractivity contribution in [3.63, 3.8) is 0 Å². The van der Waals surface area contributed by atoms with Gasteiger partial charge in [-0.1, -0.05) is 12.6 Å². The first kappa shape index (κ1) is 27.5. The van der Waals surface area contributed by atoms with E-state index in [2.05, 4.69) is 32.0 Å². The second-order valence-electron chi connectivity index (χ2n) is 6.66. The molecule has 0 aliphatic carbocycles. The van der Waals surface area contributed by atoms with E-state index in [1.54, 1.807) is 13.0 Å². The molecular weight excluding hydrogens is 524 g/mol. The minimum Gasteiger partial charge on any atom is -0.465 e. The SMILES string of the molecule is C=C(C)c1ccc(C(=O)OC)cc1S(C)(=O)=O.COC(=O)c1ccc(Br)c(S(C)(=O)=O)c1. The van der Waals surface area contributed by atoms with Crippen molar-refractivity contribution in [3.05, 3.63) is 64.1 Å². The fourth-order valence-corrected chi connectivity index (χ4v) is 5.33. The van der Waals surface area contributed by atoms with Crippen LogP contribution in [0.2, 0.25) is 0 Å². The van der Waals surface area contributed by atoms with Gasteiger partial charge in [0.15, 0.2) is 19.7 Å². The molecule has 0 bridgehead atoms. The molecule has 32 heavy (non-hydrogen) atoms. The molecule has 0 spiro atoms. The van der Waals surface area contributed by atoms with Gasteiger partial charge in [-0.3, -0.25) is 0 Å². The molecule has 0 unspecified atom stereocenters. The zero-order valence-electron chi connectivity index (χ0n) is 18.1. The smallest absolute Gasteiger partial charge is 0.337 e. The fourth-order valence-electron chi connectivity index (χ4n) is 2.46. The zero-order valence-corrected chi connectivity index (χ0v) is 21.4. The molecule has 8 nitrogen and oxygen atoms in total. The minimum absolute atomic E-state index is 0.0744. The molecule has 0 saturated heterocycles. The van der Waals surface area contributed by atoms with E-state index in [1.165, 1.54) is 44.6 Å². The van der Waals surface area contributed by atoms with Gasteiger partial charge in [0, 0.05) is 17.0 Å². The Morgan fingerprint density at radius 3 is 1.59 bits per heavy atom. The standard InChI is InChI=1S/C12H14O4S.C9H9BrO4S/c1-8(2)10-6-5-9(12(13)16-3)7-11(10)17(4,14)15;1-14-9(11)6-3-4-7(10)8(5-6)15(2,12)13/h5-7H,1H2,2-4H3;3-5H,1-2H3. The number of carbonyl (C=O) groups is 2. The van der Waals surface area contributed by atoms with Crippen LogP contribution in [-0.2, 0) is 29.1 Å². The molecular formula is C21H23BrO8S2. The molecule has 0 aliphatic heterocycles. The molecule has 2 aromatic rings. The maximum Gasteiger partial charge on any atom is 0.337 e. The molecule has 0 aromatic heterocycles. The van der Waals surface area contributed by atoms with E-state index in [4.69, 9.17) is 0 Å². The van der Waals surface area contributed by atoms with Crippen LogP contribution < -0.4 is 0 Å². The summed E-state index contributed by atoms with van der Waals surface area (Å²) in [5.74, 6) is -1.13. The van der Waals surface area contributed by atoms with Crippen LogP contribution in [0.25, 0.3) is 5.57 Å². The van der Waals surface area contributed by atoms with E-state index in [0.29, 0.717) is 15.6 Å². The third-order valence-electron chi connectivity index (χ3n) is 4.01. The zero-order chi connectivity index (χ0) is 24.9. The molecule has 0 fully saturated rings. The molecule has 0 radical (unpaired) electrons. The number of hydrogen-bond donors (Lipinski definition) is 0. The molecule has 174 valence electrons. The van der Waals surface area contributed by atoms with Crippen molar-refractivity contribution >= 4 is 53.1 Å².